The summed E-state index contributed by atoms with van der Waals surface area (Å²) in [5.74, 6) is -0.543. The highest BCUT2D eigenvalue weighted by atomic mass is 16.5. The van der Waals surface area contributed by atoms with Crippen molar-refractivity contribution < 1.29 is 14.3 Å². The van der Waals surface area contributed by atoms with Crippen molar-refractivity contribution in [2.45, 2.75) is 0 Å². The number of fused-ring (bicyclic) bond motifs is 1. The predicted octanol–water partition coefficient (Wildman–Crippen LogP) is 2.30. The minimum Gasteiger partial charge on any atom is -0.464 e. The van der Waals surface area contributed by atoms with Gasteiger partial charge in [-0.2, -0.15) is 0 Å². The zero-order valence-electron chi connectivity index (χ0n) is 11.7. The van der Waals surface area contributed by atoms with Gasteiger partial charge in [0.05, 0.1) is 7.11 Å². The monoisotopic (exact) mass is 282 g/mol. The Hall–Kier alpha value is -2.82. The Labute approximate surface area is 121 Å². The van der Waals surface area contributed by atoms with Gasteiger partial charge in [0, 0.05) is 30.1 Å². The maximum Gasteiger partial charge on any atom is 0.354 e. The van der Waals surface area contributed by atoms with Crippen LogP contribution in [0.25, 0.3) is 11.6 Å². The molecule has 0 aliphatic carbocycles. The van der Waals surface area contributed by atoms with Gasteiger partial charge in [0.1, 0.15) is 5.69 Å². The van der Waals surface area contributed by atoms with Crippen LogP contribution >= 0.6 is 0 Å². The van der Waals surface area contributed by atoms with E-state index < -0.39 is 5.97 Å². The number of nitrogens with zero attached hydrogens (tertiary/aromatic N) is 1. The number of anilines is 1. The molecular weight excluding hydrogens is 268 g/mol. The summed E-state index contributed by atoms with van der Waals surface area (Å²) in [5.41, 5.74) is 3.48. The van der Waals surface area contributed by atoms with Crippen LogP contribution in [0.3, 0.4) is 0 Å². The average molecular weight is 282 g/mol. The van der Waals surface area contributed by atoms with Crippen molar-refractivity contribution in [2.24, 2.45) is 7.05 Å². The van der Waals surface area contributed by atoms with Gasteiger partial charge < -0.3 is 14.6 Å². The molecule has 0 fully saturated rings. The lowest BCUT2D eigenvalue weighted by molar-refractivity contribution is -0.110. The van der Waals surface area contributed by atoms with Crippen LogP contribution in [0.4, 0.5) is 5.69 Å². The summed E-state index contributed by atoms with van der Waals surface area (Å²) in [7, 11) is 3.10. The van der Waals surface area contributed by atoms with Crippen molar-refractivity contribution in [3.63, 3.8) is 0 Å². The average Bonchev–Trinajstić information content (AvgIpc) is 2.99. The summed E-state index contributed by atoms with van der Waals surface area (Å²) in [5, 5.41) is 2.82. The lowest BCUT2D eigenvalue weighted by atomic mass is 10.1. The molecule has 1 N–H and O–H groups in total. The Kier molecular flexibility index (Phi) is 3.10. The zero-order chi connectivity index (χ0) is 15.0. The molecule has 5 nitrogen and oxygen atoms in total. The zero-order valence-corrected chi connectivity index (χ0v) is 11.7. The fourth-order valence-electron chi connectivity index (χ4n) is 2.43. The topological polar surface area (TPSA) is 60.3 Å². The van der Waals surface area contributed by atoms with E-state index in [1.807, 2.05) is 24.3 Å². The maximum atomic E-state index is 12.0. The maximum absolute atomic E-state index is 12.0. The predicted molar refractivity (Wildman–Crippen MR) is 79.7 cm³/mol. The Balaban J connectivity index is 2.03. The minimum absolute atomic E-state index is 0.139. The number of methoxy groups -OCH3 is 1. The summed E-state index contributed by atoms with van der Waals surface area (Å²) < 4.78 is 6.40. The molecule has 0 saturated heterocycles. The molecule has 21 heavy (non-hydrogen) atoms. The van der Waals surface area contributed by atoms with Crippen LogP contribution in [0.15, 0.2) is 36.5 Å². The van der Waals surface area contributed by atoms with E-state index in [1.165, 1.54) is 7.11 Å². The standard InChI is InChI=1S/C16H14N2O3/c1-18-9-10(8-14(18)16(20)21-2)7-12-11-5-3-4-6-13(11)17-15(12)19/h3-9H,1-2H3,(H,17,19)/b12-7+. The number of hydrogen-bond acceptors (Lipinski definition) is 3. The second-order valence-corrected chi connectivity index (χ2v) is 4.82. The van der Waals surface area contributed by atoms with E-state index >= 15 is 0 Å². The number of benzene rings is 1. The Morgan fingerprint density at radius 1 is 1.33 bits per heavy atom. The van der Waals surface area contributed by atoms with Crippen molar-refractivity contribution in [1.29, 1.82) is 0 Å². The van der Waals surface area contributed by atoms with E-state index in [9.17, 15) is 9.59 Å². The normalized spacial score (nSPS) is 15.0. The van der Waals surface area contributed by atoms with Crippen LogP contribution in [0.5, 0.6) is 0 Å². The van der Waals surface area contributed by atoms with Crippen LogP contribution in [0, 0.1) is 0 Å². The van der Waals surface area contributed by atoms with Crippen molar-refractivity contribution >= 4 is 29.2 Å². The van der Waals surface area contributed by atoms with E-state index in [2.05, 4.69) is 5.32 Å². The van der Waals surface area contributed by atoms with Crippen molar-refractivity contribution in [3.05, 3.63) is 53.3 Å². The van der Waals surface area contributed by atoms with E-state index in [0.29, 0.717) is 11.3 Å². The highest BCUT2D eigenvalue weighted by molar-refractivity contribution is 6.34. The Morgan fingerprint density at radius 2 is 2.10 bits per heavy atom. The number of amides is 1. The molecule has 0 atom stereocenters. The summed E-state index contributed by atoms with van der Waals surface area (Å²) in [6, 6.07) is 9.22. The molecule has 0 spiro atoms. The Bertz CT molecular complexity index is 772. The fourth-order valence-corrected chi connectivity index (χ4v) is 2.43. The number of rotatable bonds is 2. The molecule has 0 unspecified atom stereocenters. The first-order valence-electron chi connectivity index (χ1n) is 6.47. The van der Waals surface area contributed by atoms with E-state index in [-0.39, 0.29) is 5.91 Å². The number of esters is 1. The van der Waals surface area contributed by atoms with Gasteiger partial charge in [-0.05, 0) is 23.8 Å². The SMILES string of the molecule is COC(=O)c1cc(/C=C2/C(=O)Nc3ccccc32)cn1C. The van der Waals surface area contributed by atoms with Crippen LogP contribution in [-0.2, 0) is 16.6 Å². The second kappa shape index (κ2) is 4.94. The number of nitrogens with one attached hydrogen (secondary N) is 1. The molecule has 0 radical (unpaired) electrons. The van der Waals surface area contributed by atoms with Gasteiger partial charge in [-0.1, -0.05) is 18.2 Å². The first-order valence-corrected chi connectivity index (χ1v) is 6.47. The number of carbonyl (C=O) groups excluding carboxylic acids is 2. The molecular formula is C16H14N2O3. The van der Waals surface area contributed by atoms with Gasteiger partial charge in [-0.15, -0.1) is 0 Å². The third-order valence-corrected chi connectivity index (χ3v) is 3.44. The number of ether oxygens (including phenoxy) is 1. The van der Waals surface area contributed by atoms with Gasteiger partial charge in [-0.25, -0.2) is 4.79 Å². The van der Waals surface area contributed by atoms with Gasteiger partial charge >= 0.3 is 5.97 Å². The summed E-state index contributed by atoms with van der Waals surface area (Å²) in [6.45, 7) is 0. The van der Waals surface area contributed by atoms with Crippen molar-refractivity contribution in [1.82, 2.24) is 4.57 Å². The lowest BCUT2D eigenvalue weighted by Gasteiger charge is -1.98. The van der Waals surface area contributed by atoms with E-state index in [4.69, 9.17) is 4.74 Å². The molecule has 1 aliphatic heterocycles. The molecule has 1 amide bonds. The van der Waals surface area contributed by atoms with Crippen molar-refractivity contribution in [3.8, 4) is 0 Å². The molecule has 5 heteroatoms. The third kappa shape index (κ3) is 2.23. The minimum atomic E-state index is -0.404. The molecule has 1 aromatic heterocycles. The summed E-state index contributed by atoms with van der Waals surface area (Å²) in [4.78, 5) is 23.6. The number of para-hydroxylation sites is 1. The highest BCUT2D eigenvalue weighted by Crippen LogP contribution is 2.32. The van der Waals surface area contributed by atoms with Crippen LogP contribution in [0.2, 0.25) is 0 Å². The van der Waals surface area contributed by atoms with Crippen LogP contribution in [-0.4, -0.2) is 23.6 Å². The quantitative estimate of drug-likeness (QED) is 0.679. The van der Waals surface area contributed by atoms with Crippen LogP contribution in [0.1, 0.15) is 21.6 Å². The van der Waals surface area contributed by atoms with Gasteiger partial charge in [-0.3, -0.25) is 4.79 Å². The van der Waals surface area contributed by atoms with Crippen LogP contribution < -0.4 is 5.32 Å². The molecule has 2 aromatic rings. The van der Waals surface area contributed by atoms with E-state index in [1.54, 1.807) is 30.0 Å². The number of aromatic nitrogens is 1. The molecule has 106 valence electrons. The fraction of sp³-hybridized carbons (Fsp3) is 0.125. The van der Waals surface area contributed by atoms with Gasteiger partial charge in [0.25, 0.3) is 5.91 Å². The lowest BCUT2D eigenvalue weighted by Crippen LogP contribution is -2.06. The summed E-state index contributed by atoms with van der Waals surface area (Å²) in [6.07, 6.45) is 3.56. The number of aryl methyl sites for hydroxylation is 1. The highest BCUT2D eigenvalue weighted by Gasteiger charge is 2.23. The summed E-state index contributed by atoms with van der Waals surface area (Å²) >= 11 is 0. The van der Waals surface area contributed by atoms with Crippen molar-refractivity contribution in [2.75, 3.05) is 12.4 Å². The number of hydrogen-bond donors (Lipinski definition) is 1. The molecule has 0 bridgehead atoms. The Morgan fingerprint density at radius 3 is 2.86 bits per heavy atom. The largest absolute Gasteiger partial charge is 0.464 e. The van der Waals surface area contributed by atoms with E-state index in [0.717, 1.165) is 16.8 Å². The molecule has 3 rings (SSSR count). The molecule has 2 heterocycles. The van der Waals surface area contributed by atoms with Gasteiger partial charge in [0.15, 0.2) is 0 Å². The smallest absolute Gasteiger partial charge is 0.354 e. The number of carbonyl (C=O) groups is 2. The third-order valence-electron chi connectivity index (χ3n) is 3.44. The molecule has 1 aromatic carbocycles. The van der Waals surface area contributed by atoms with Gasteiger partial charge in [0.2, 0.25) is 0 Å². The molecule has 0 saturated carbocycles. The first kappa shape index (κ1) is 13.2. The second-order valence-electron chi connectivity index (χ2n) is 4.82. The molecule has 1 aliphatic rings. The first-order chi connectivity index (χ1) is 10.1.